The zero-order valence-corrected chi connectivity index (χ0v) is 13.8. The van der Waals surface area contributed by atoms with Crippen LogP contribution in [-0.4, -0.2) is 30.1 Å². The highest BCUT2D eigenvalue weighted by Crippen LogP contribution is 2.34. The number of nitrogens with one attached hydrogen (secondary N) is 3. The third kappa shape index (κ3) is 2.62. The molecule has 5 rings (SSSR count). The van der Waals surface area contributed by atoms with Crippen LogP contribution < -0.4 is 16.0 Å². The summed E-state index contributed by atoms with van der Waals surface area (Å²) in [6.45, 7) is 0. The monoisotopic (exact) mass is 327 g/mol. The van der Waals surface area contributed by atoms with Crippen LogP contribution in [0.1, 0.15) is 42.5 Å². The Labute approximate surface area is 139 Å². The van der Waals surface area contributed by atoms with Crippen LogP contribution in [0.15, 0.2) is 24.3 Å². The maximum atomic E-state index is 12.6. The lowest BCUT2D eigenvalue weighted by molar-refractivity contribution is 0.0931. The van der Waals surface area contributed by atoms with Gasteiger partial charge in [0.2, 0.25) is 0 Å². The van der Waals surface area contributed by atoms with Crippen molar-refractivity contribution in [1.29, 1.82) is 0 Å². The molecule has 1 aromatic heterocycles. The Kier molecular flexibility index (Phi) is 3.13. The van der Waals surface area contributed by atoms with Gasteiger partial charge in [0.05, 0.1) is 5.00 Å². The molecule has 2 saturated heterocycles. The van der Waals surface area contributed by atoms with E-state index in [1.165, 1.54) is 35.4 Å². The molecule has 2 bridgehead atoms. The van der Waals surface area contributed by atoms with Gasteiger partial charge in [0.1, 0.15) is 0 Å². The molecule has 1 aliphatic carbocycles. The lowest BCUT2D eigenvalue weighted by Crippen LogP contribution is -2.42. The van der Waals surface area contributed by atoms with Gasteiger partial charge in [-0.05, 0) is 61.8 Å². The van der Waals surface area contributed by atoms with E-state index in [4.69, 9.17) is 0 Å². The van der Waals surface area contributed by atoms with Crippen molar-refractivity contribution < 1.29 is 4.79 Å². The molecule has 1 aromatic carbocycles. The summed E-state index contributed by atoms with van der Waals surface area (Å²) in [7, 11) is 0. The Morgan fingerprint density at radius 2 is 2.09 bits per heavy atom. The van der Waals surface area contributed by atoms with Gasteiger partial charge in [-0.1, -0.05) is 0 Å². The lowest BCUT2D eigenvalue weighted by atomic mass is 9.95. The molecule has 1 amide bonds. The van der Waals surface area contributed by atoms with Crippen LogP contribution in [0.2, 0.25) is 0 Å². The molecule has 2 aromatic rings. The first-order chi connectivity index (χ1) is 11.2. The lowest BCUT2D eigenvalue weighted by Gasteiger charge is -2.21. The van der Waals surface area contributed by atoms with Crippen LogP contribution in [0.5, 0.6) is 0 Å². The van der Waals surface area contributed by atoms with Crippen molar-refractivity contribution in [3.05, 3.63) is 29.8 Å². The van der Waals surface area contributed by atoms with Gasteiger partial charge in [0.15, 0.2) is 0 Å². The molecule has 3 atom stereocenters. The van der Waals surface area contributed by atoms with Crippen molar-refractivity contribution in [2.45, 2.75) is 56.3 Å². The fraction of sp³-hybridized carbons (Fsp3) is 0.500. The standard InChI is InChI=1S/C18H21N3OS/c22-18(21-15-9-13-4-5-14(15)19-13)10-1-6-16-11(7-10)8-17(23-16)20-12-2-3-12/h1,6-8,12-15,19-20H,2-5,9H2,(H,21,22)/t13-,14+,15-/m1/s1. The molecular weight excluding hydrogens is 306 g/mol. The number of carbonyl (C=O) groups is 1. The summed E-state index contributed by atoms with van der Waals surface area (Å²) >= 11 is 1.78. The predicted octanol–water partition coefficient (Wildman–Crippen LogP) is 3.10. The van der Waals surface area contributed by atoms with Crippen LogP contribution in [0.25, 0.3) is 10.1 Å². The molecule has 0 spiro atoms. The minimum Gasteiger partial charge on any atom is -0.374 e. The highest BCUT2D eigenvalue weighted by atomic mass is 32.1. The van der Waals surface area contributed by atoms with Crippen molar-refractivity contribution in [1.82, 2.24) is 10.6 Å². The van der Waals surface area contributed by atoms with E-state index in [-0.39, 0.29) is 5.91 Å². The number of carbonyl (C=O) groups excluding carboxylic acids is 1. The molecular formula is C18H21N3OS. The highest BCUT2D eigenvalue weighted by molar-refractivity contribution is 7.22. The minimum absolute atomic E-state index is 0.0640. The minimum atomic E-state index is 0.0640. The van der Waals surface area contributed by atoms with Crippen LogP contribution in [0, 0.1) is 0 Å². The van der Waals surface area contributed by atoms with Crippen LogP contribution in [0.4, 0.5) is 5.00 Å². The second-order valence-corrected chi connectivity index (χ2v) is 8.23. The van der Waals surface area contributed by atoms with Gasteiger partial charge < -0.3 is 16.0 Å². The number of hydrogen-bond donors (Lipinski definition) is 3. The zero-order chi connectivity index (χ0) is 15.4. The molecule has 0 unspecified atom stereocenters. The van der Waals surface area contributed by atoms with E-state index in [1.807, 2.05) is 12.1 Å². The van der Waals surface area contributed by atoms with Crippen molar-refractivity contribution in [2.75, 3.05) is 5.32 Å². The van der Waals surface area contributed by atoms with E-state index in [1.54, 1.807) is 11.3 Å². The SMILES string of the molecule is O=C(N[C@@H]1C[C@H]2CC[C@@H]1N2)c1ccc2sc(NC3CC3)cc2c1. The number of fused-ring (bicyclic) bond motifs is 3. The van der Waals surface area contributed by atoms with E-state index >= 15 is 0 Å². The van der Waals surface area contributed by atoms with Crippen molar-refractivity contribution >= 4 is 32.3 Å². The smallest absolute Gasteiger partial charge is 0.251 e. The number of anilines is 1. The number of thiophene rings is 1. The third-order valence-corrected chi connectivity index (χ3v) is 6.37. The molecule has 5 heteroatoms. The normalized spacial score (nSPS) is 29.1. The molecule has 1 saturated carbocycles. The number of rotatable bonds is 4. The summed E-state index contributed by atoms with van der Waals surface area (Å²) in [5.74, 6) is 0.0640. The van der Waals surface area contributed by atoms with Crippen molar-refractivity contribution in [3.8, 4) is 0 Å². The summed E-state index contributed by atoms with van der Waals surface area (Å²) in [6, 6.07) is 10.3. The summed E-state index contributed by atoms with van der Waals surface area (Å²) in [6.07, 6.45) is 6.08. The van der Waals surface area contributed by atoms with Crippen LogP contribution >= 0.6 is 11.3 Å². The largest absolute Gasteiger partial charge is 0.374 e. The molecule has 0 radical (unpaired) electrons. The quantitative estimate of drug-likeness (QED) is 0.809. The van der Waals surface area contributed by atoms with Gasteiger partial charge in [-0.2, -0.15) is 0 Å². The number of benzene rings is 1. The van der Waals surface area contributed by atoms with Gasteiger partial charge in [-0.25, -0.2) is 0 Å². The van der Waals surface area contributed by atoms with E-state index in [0.29, 0.717) is 24.2 Å². The molecule has 120 valence electrons. The van der Waals surface area contributed by atoms with E-state index in [2.05, 4.69) is 28.1 Å². The van der Waals surface area contributed by atoms with Crippen LogP contribution in [0.3, 0.4) is 0 Å². The molecule has 3 aliphatic rings. The Morgan fingerprint density at radius 3 is 2.83 bits per heavy atom. The van der Waals surface area contributed by atoms with Crippen LogP contribution in [-0.2, 0) is 0 Å². The van der Waals surface area contributed by atoms with Gasteiger partial charge in [-0.15, -0.1) is 11.3 Å². The average molecular weight is 327 g/mol. The first-order valence-corrected chi connectivity index (χ1v) is 9.43. The summed E-state index contributed by atoms with van der Waals surface area (Å²) in [5.41, 5.74) is 0.774. The first-order valence-electron chi connectivity index (χ1n) is 8.62. The van der Waals surface area contributed by atoms with Gasteiger partial charge in [-0.3, -0.25) is 4.79 Å². The maximum Gasteiger partial charge on any atom is 0.251 e. The topological polar surface area (TPSA) is 53.2 Å². The fourth-order valence-electron chi connectivity index (χ4n) is 3.92. The van der Waals surface area contributed by atoms with Crippen molar-refractivity contribution in [3.63, 3.8) is 0 Å². The Balaban J connectivity index is 1.33. The van der Waals surface area contributed by atoms with Crippen molar-refractivity contribution in [2.24, 2.45) is 0 Å². The Bertz CT molecular complexity index is 767. The second kappa shape index (κ2) is 5.21. The Morgan fingerprint density at radius 1 is 1.17 bits per heavy atom. The number of hydrogen-bond acceptors (Lipinski definition) is 4. The molecule has 3 heterocycles. The van der Waals surface area contributed by atoms with E-state index < -0.39 is 0 Å². The molecule has 2 aliphatic heterocycles. The van der Waals surface area contributed by atoms with E-state index in [0.717, 1.165) is 17.4 Å². The number of amides is 1. The summed E-state index contributed by atoms with van der Waals surface area (Å²) in [4.78, 5) is 12.6. The summed E-state index contributed by atoms with van der Waals surface area (Å²) in [5, 5.41) is 12.7. The first kappa shape index (κ1) is 13.8. The van der Waals surface area contributed by atoms with E-state index in [9.17, 15) is 4.79 Å². The van der Waals surface area contributed by atoms with Gasteiger partial charge in [0, 0.05) is 34.4 Å². The highest BCUT2D eigenvalue weighted by Gasteiger charge is 2.39. The molecule has 3 N–H and O–H groups in total. The Hall–Kier alpha value is -1.59. The maximum absolute atomic E-state index is 12.6. The second-order valence-electron chi connectivity index (χ2n) is 7.14. The fourth-order valence-corrected chi connectivity index (χ4v) is 4.94. The average Bonchev–Trinajstić information content (AvgIpc) is 2.97. The zero-order valence-electron chi connectivity index (χ0n) is 13.0. The van der Waals surface area contributed by atoms with Gasteiger partial charge in [0.25, 0.3) is 5.91 Å². The third-order valence-electron chi connectivity index (χ3n) is 5.32. The van der Waals surface area contributed by atoms with Gasteiger partial charge >= 0.3 is 0 Å². The predicted molar refractivity (Wildman–Crippen MR) is 94.3 cm³/mol. The molecule has 4 nitrogen and oxygen atoms in total. The molecule has 3 fully saturated rings. The summed E-state index contributed by atoms with van der Waals surface area (Å²) < 4.78 is 1.24. The molecule has 23 heavy (non-hydrogen) atoms.